The molecule has 0 radical (unpaired) electrons. The van der Waals surface area contributed by atoms with Gasteiger partial charge >= 0.3 is 0 Å². The quantitative estimate of drug-likeness (QED) is 0.710. The maximum Gasteiger partial charge on any atom is 0.273 e. The minimum absolute atomic E-state index is 0.225. The molecule has 3 aromatic rings. The van der Waals surface area contributed by atoms with Gasteiger partial charge in [0.1, 0.15) is 5.02 Å². The number of hydrogen-bond donors (Lipinski definition) is 1. The average molecular weight is 360 g/mol. The van der Waals surface area contributed by atoms with Crippen molar-refractivity contribution in [3.63, 3.8) is 0 Å². The number of para-hydroxylation sites is 1. The molecule has 3 heterocycles. The van der Waals surface area contributed by atoms with E-state index in [1.165, 1.54) is 0 Å². The third kappa shape index (κ3) is 3.07. The molecule has 1 aromatic carbocycles. The molecule has 0 bridgehead atoms. The second kappa shape index (κ2) is 6.76. The Morgan fingerprint density at radius 2 is 2.24 bits per heavy atom. The first kappa shape index (κ1) is 16.0. The number of rotatable bonds is 5. The van der Waals surface area contributed by atoms with Crippen LogP contribution in [0, 0.1) is 0 Å². The van der Waals surface area contributed by atoms with E-state index in [2.05, 4.69) is 15.5 Å². The molecular weight excluding hydrogens is 342 g/mol. The third-order valence-electron chi connectivity index (χ3n) is 4.20. The molecule has 8 heteroatoms. The number of benzene rings is 1. The van der Waals surface area contributed by atoms with Gasteiger partial charge in [0, 0.05) is 31.4 Å². The fraction of sp³-hybridized carbons (Fsp3) is 0.353. The van der Waals surface area contributed by atoms with Gasteiger partial charge in [0.15, 0.2) is 5.69 Å². The van der Waals surface area contributed by atoms with E-state index in [9.17, 15) is 4.79 Å². The lowest BCUT2D eigenvalue weighted by Crippen LogP contribution is -2.26. The predicted molar refractivity (Wildman–Crippen MR) is 94.0 cm³/mol. The van der Waals surface area contributed by atoms with E-state index in [1.807, 2.05) is 35.1 Å². The Kier molecular flexibility index (Phi) is 4.31. The lowest BCUT2D eigenvalue weighted by atomic mass is 10.2. The molecule has 1 amide bonds. The lowest BCUT2D eigenvalue weighted by Gasteiger charge is -2.14. The topological polar surface area (TPSA) is 74.0 Å². The molecule has 1 aliphatic rings. The molecule has 0 saturated heterocycles. The number of aromatic nitrogens is 4. The zero-order chi connectivity index (χ0) is 17.2. The molecule has 0 fully saturated rings. The normalized spacial score (nSPS) is 13.5. The first-order chi connectivity index (χ1) is 12.2. The molecule has 4 rings (SSSR count). The lowest BCUT2D eigenvalue weighted by molar-refractivity contribution is 0.0947. The average Bonchev–Trinajstić information content (AvgIpc) is 3.20. The standard InChI is InChI=1S/C17H18ClN5O2/c18-14-15(21-23-9-4-10-25-17(14)23)16(24)19-7-3-8-22-13-6-2-1-5-12(13)11-20-22/h1-2,5-6,11H,3-4,7-10H2,(H,19,24). The van der Waals surface area contributed by atoms with Gasteiger partial charge in [-0.1, -0.05) is 29.8 Å². The Labute approximate surface area is 149 Å². The number of fused-ring (bicyclic) bond motifs is 2. The number of hydrogen-bond acceptors (Lipinski definition) is 4. The van der Waals surface area contributed by atoms with Crippen molar-refractivity contribution < 1.29 is 9.53 Å². The van der Waals surface area contributed by atoms with E-state index in [0.717, 1.165) is 30.3 Å². The van der Waals surface area contributed by atoms with E-state index in [1.54, 1.807) is 4.68 Å². The summed E-state index contributed by atoms with van der Waals surface area (Å²) in [6.45, 7) is 2.57. The van der Waals surface area contributed by atoms with Crippen LogP contribution in [0.2, 0.25) is 5.02 Å². The Bertz CT molecular complexity index is 917. The zero-order valence-corrected chi connectivity index (χ0v) is 14.4. The van der Waals surface area contributed by atoms with Crippen molar-refractivity contribution in [1.29, 1.82) is 0 Å². The molecule has 2 aromatic heterocycles. The van der Waals surface area contributed by atoms with Crippen LogP contribution in [0.25, 0.3) is 10.9 Å². The summed E-state index contributed by atoms with van der Waals surface area (Å²) in [6, 6.07) is 8.06. The predicted octanol–water partition coefficient (Wildman–Crippen LogP) is 2.49. The number of ether oxygens (including phenoxy) is 1. The van der Waals surface area contributed by atoms with Crippen molar-refractivity contribution in [3.8, 4) is 5.88 Å². The molecule has 0 saturated carbocycles. The van der Waals surface area contributed by atoms with E-state index in [4.69, 9.17) is 16.3 Å². The first-order valence-electron chi connectivity index (χ1n) is 8.32. The minimum Gasteiger partial charge on any atom is -0.477 e. The van der Waals surface area contributed by atoms with Gasteiger partial charge in [-0.05, 0) is 12.5 Å². The van der Waals surface area contributed by atoms with Crippen molar-refractivity contribution in [2.75, 3.05) is 13.2 Å². The van der Waals surface area contributed by atoms with Gasteiger partial charge in [-0.15, -0.1) is 0 Å². The van der Waals surface area contributed by atoms with E-state index in [0.29, 0.717) is 25.6 Å². The zero-order valence-electron chi connectivity index (χ0n) is 13.6. The molecule has 0 spiro atoms. The fourth-order valence-corrected chi connectivity index (χ4v) is 3.24. The Hall–Kier alpha value is -2.54. The number of carbonyl (C=O) groups is 1. The summed E-state index contributed by atoms with van der Waals surface area (Å²) < 4.78 is 9.07. The second-order valence-corrected chi connectivity index (χ2v) is 6.31. The van der Waals surface area contributed by atoms with Crippen LogP contribution in [0.15, 0.2) is 30.5 Å². The highest BCUT2D eigenvalue weighted by molar-refractivity contribution is 6.34. The number of nitrogens with one attached hydrogen (secondary N) is 1. The van der Waals surface area contributed by atoms with Crippen molar-refractivity contribution in [2.45, 2.75) is 25.9 Å². The first-order valence-corrected chi connectivity index (χ1v) is 8.69. The van der Waals surface area contributed by atoms with Crippen molar-refractivity contribution in [1.82, 2.24) is 24.9 Å². The molecule has 1 N–H and O–H groups in total. The third-order valence-corrected chi connectivity index (χ3v) is 4.54. The Balaban J connectivity index is 1.34. The monoisotopic (exact) mass is 359 g/mol. The molecular formula is C17H18ClN5O2. The SMILES string of the molecule is O=C(NCCCn1ncc2ccccc21)c1nn2c(c1Cl)OCCC2. The van der Waals surface area contributed by atoms with Crippen molar-refractivity contribution in [2.24, 2.45) is 0 Å². The number of aryl methyl sites for hydroxylation is 2. The molecule has 130 valence electrons. The summed E-state index contributed by atoms with van der Waals surface area (Å²) >= 11 is 6.21. The molecule has 1 aliphatic heterocycles. The molecule has 7 nitrogen and oxygen atoms in total. The highest BCUT2D eigenvalue weighted by Gasteiger charge is 2.24. The van der Waals surface area contributed by atoms with Crippen LogP contribution in [0.5, 0.6) is 5.88 Å². The molecule has 0 aliphatic carbocycles. The summed E-state index contributed by atoms with van der Waals surface area (Å²) in [4.78, 5) is 12.3. The van der Waals surface area contributed by atoms with Crippen LogP contribution in [-0.2, 0) is 13.1 Å². The van der Waals surface area contributed by atoms with Crippen molar-refractivity contribution >= 4 is 28.4 Å². The van der Waals surface area contributed by atoms with Gasteiger partial charge in [0.2, 0.25) is 5.88 Å². The number of halogens is 1. The van der Waals surface area contributed by atoms with Crippen LogP contribution < -0.4 is 10.1 Å². The Morgan fingerprint density at radius 1 is 1.36 bits per heavy atom. The fourth-order valence-electron chi connectivity index (χ4n) is 2.96. The van der Waals surface area contributed by atoms with E-state index in [-0.39, 0.29) is 16.6 Å². The van der Waals surface area contributed by atoms with Gasteiger partial charge in [-0.3, -0.25) is 9.48 Å². The van der Waals surface area contributed by atoms with Gasteiger partial charge < -0.3 is 10.1 Å². The van der Waals surface area contributed by atoms with Gasteiger partial charge in [-0.25, -0.2) is 4.68 Å². The highest BCUT2D eigenvalue weighted by atomic mass is 35.5. The number of nitrogens with zero attached hydrogens (tertiary/aromatic N) is 4. The van der Waals surface area contributed by atoms with Crippen LogP contribution in [0.4, 0.5) is 0 Å². The summed E-state index contributed by atoms with van der Waals surface area (Å²) in [5.74, 6) is 0.210. The smallest absolute Gasteiger partial charge is 0.273 e. The molecule has 25 heavy (non-hydrogen) atoms. The minimum atomic E-state index is -0.277. The molecule has 0 atom stereocenters. The summed E-state index contributed by atoms with van der Waals surface area (Å²) in [6.07, 6.45) is 3.48. The number of carbonyl (C=O) groups excluding carboxylic acids is 1. The van der Waals surface area contributed by atoms with Crippen LogP contribution in [0.1, 0.15) is 23.3 Å². The largest absolute Gasteiger partial charge is 0.477 e. The summed E-state index contributed by atoms with van der Waals surface area (Å²) in [5, 5.41) is 12.9. The maximum atomic E-state index is 12.3. The van der Waals surface area contributed by atoms with E-state index >= 15 is 0 Å². The summed E-state index contributed by atoms with van der Waals surface area (Å²) in [5.41, 5.74) is 1.32. The van der Waals surface area contributed by atoms with Crippen LogP contribution in [-0.4, -0.2) is 38.6 Å². The molecule has 0 unspecified atom stereocenters. The number of amides is 1. The van der Waals surface area contributed by atoms with Gasteiger partial charge in [-0.2, -0.15) is 10.2 Å². The highest BCUT2D eigenvalue weighted by Crippen LogP contribution is 2.30. The Morgan fingerprint density at radius 3 is 3.12 bits per heavy atom. The second-order valence-electron chi connectivity index (χ2n) is 5.93. The van der Waals surface area contributed by atoms with E-state index < -0.39 is 0 Å². The van der Waals surface area contributed by atoms with Gasteiger partial charge in [0.25, 0.3) is 5.91 Å². The van der Waals surface area contributed by atoms with Crippen LogP contribution in [0.3, 0.4) is 0 Å². The van der Waals surface area contributed by atoms with Crippen LogP contribution >= 0.6 is 11.6 Å². The van der Waals surface area contributed by atoms with Gasteiger partial charge in [0.05, 0.1) is 18.3 Å². The van der Waals surface area contributed by atoms with Crippen molar-refractivity contribution in [3.05, 3.63) is 41.2 Å². The maximum absolute atomic E-state index is 12.3. The summed E-state index contributed by atoms with van der Waals surface area (Å²) in [7, 11) is 0.